The zero-order valence-electron chi connectivity index (χ0n) is 14.1. The van der Waals surface area contributed by atoms with Gasteiger partial charge in [-0.1, -0.05) is 6.07 Å². The van der Waals surface area contributed by atoms with Gasteiger partial charge in [0.05, 0.1) is 20.1 Å². The Labute approximate surface area is 147 Å². The van der Waals surface area contributed by atoms with Crippen molar-refractivity contribution >= 4 is 21.9 Å². The van der Waals surface area contributed by atoms with Gasteiger partial charge < -0.3 is 28.5 Å². The van der Waals surface area contributed by atoms with Gasteiger partial charge >= 0.3 is 0 Å². The minimum atomic E-state index is -0.900. The van der Waals surface area contributed by atoms with Crippen molar-refractivity contribution in [3.05, 3.63) is 40.1 Å². The van der Waals surface area contributed by atoms with Gasteiger partial charge in [0.15, 0.2) is 6.29 Å². The number of methoxy groups -OCH3 is 2. The predicted octanol–water partition coefficient (Wildman–Crippen LogP) is 2.50. The minimum Gasteiger partial charge on any atom is -0.496 e. The Morgan fingerprint density at radius 3 is 2.73 bits per heavy atom. The Bertz CT molecular complexity index is 1100. The van der Waals surface area contributed by atoms with E-state index in [1.165, 1.54) is 14.2 Å². The number of hydrogen-bond donors (Lipinski definition) is 1. The third-order valence-electron chi connectivity index (χ3n) is 5.03. The number of hydrogen-bond acceptors (Lipinski definition) is 7. The van der Waals surface area contributed by atoms with Crippen LogP contribution in [-0.2, 0) is 4.74 Å². The molecule has 26 heavy (non-hydrogen) atoms. The van der Waals surface area contributed by atoms with Crippen LogP contribution in [0.15, 0.2) is 33.5 Å². The first-order chi connectivity index (χ1) is 12.6. The minimum absolute atomic E-state index is 0.209. The van der Waals surface area contributed by atoms with Crippen LogP contribution in [0.1, 0.15) is 17.9 Å². The fourth-order valence-electron chi connectivity index (χ4n) is 3.91. The molecule has 134 valence electrons. The molecule has 0 spiro atoms. The highest BCUT2D eigenvalue weighted by molar-refractivity contribution is 5.98. The van der Waals surface area contributed by atoms with Crippen molar-refractivity contribution in [2.75, 3.05) is 14.2 Å². The molecule has 1 N–H and O–H groups in total. The summed E-state index contributed by atoms with van der Waals surface area (Å²) in [6, 6.07) is 6.87. The number of ether oxygens (including phenoxy) is 4. The van der Waals surface area contributed by atoms with Gasteiger partial charge in [-0.05, 0) is 12.1 Å². The first-order valence-corrected chi connectivity index (χ1v) is 8.27. The number of rotatable bonds is 2. The smallest absolute Gasteiger partial charge is 0.209 e. The van der Waals surface area contributed by atoms with Gasteiger partial charge in [-0.3, -0.25) is 4.79 Å². The topological polar surface area (TPSA) is 87.4 Å². The molecule has 0 radical (unpaired) electrons. The number of benzene rings is 2. The van der Waals surface area contributed by atoms with Crippen molar-refractivity contribution in [1.29, 1.82) is 0 Å². The number of aliphatic hydroxyl groups is 1. The van der Waals surface area contributed by atoms with Crippen LogP contribution in [0.5, 0.6) is 17.2 Å². The first-order valence-electron chi connectivity index (χ1n) is 8.27. The summed E-state index contributed by atoms with van der Waals surface area (Å²) in [7, 11) is 3.00. The molecule has 0 amide bonds. The lowest BCUT2D eigenvalue weighted by atomic mass is 9.95. The van der Waals surface area contributed by atoms with E-state index >= 15 is 0 Å². The van der Waals surface area contributed by atoms with Gasteiger partial charge in [0.1, 0.15) is 39.2 Å². The van der Waals surface area contributed by atoms with E-state index in [0.717, 1.165) is 5.56 Å². The third-order valence-corrected chi connectivity index (χ3v) is 5.03. The molecule has 3 aromatic rings. The second-order valence-electron chi connectivity index (χ2n) is 6.38. The fourth-order valence-corrected chi connectivity index (χ4v) is 3.91. The van der Waals surface area contributed by atoms with Crippen LogP contribution in [0.4, 0.5) is 0 Å². The Morgan fingerprint density at radius 2 is 1.96 bits per heavy atom. The second-order valence-corrected chi connectivity index (χ2v) is 6.38. The van der Waals surface area contributed by atoms with Crippen molar-refractivity contribution in [3.8, 4) is 17.2 Å². The standard InChI is InChI=1S/C19H16O7/c1-22-9-4-3-5-10-15(9)17(21)16-11(23-2)7-12-14(18(16)24-10)8-6-13(20)26-19(8)25-12/h3-5,7-8,13,19-20H,6H2,1-2H3. The largest absolute Gasteiger partial charge is 0.496 e. The van der Waals surface area contributed by atoms with Gasteiger partial charge in [-0.2, -0.15) is 0 Å². The Kier molecular flexibility index (Phi) is 3.19. The van der Waals surface area contributed by atoms with Crippen molar-refractivity contribution < 1.29 is 28.5 Å². The van der Waals surface area contributed by atoms with E-state index in [9.17, 15) is 9.90 Å². The Balaban J connectivity index is 1.92. The van der Waals surface area contributed by atoms with Gasteiger partial charge in [0, 0.05) is 18.1 Å². The molecule has 5 rings (SSSR count). The molecule has 2 aliphatic rings. The van der Waals surface area contributed by atoms with Crippen LogP contribution in [0.3, 0.4) is 0 Å². The van der Waals surface area contributed by atoms with E-state index in [-0.39, 0.29) is 11.3 Å². The summed E-state index contributed by atoms with van der Waals surface area (Å²) in [5, 5.41) is 10.5. The highest BCUT2D eigenvalue weighted by atomic mass is 16.7. The molecule has 2 aromatic carbocycles. The molecule has 1 fully saturated rings. The summed E-state index contributed by atoms with van der Waals surface area (Å²) in [5.41, 5.74) is 1.31. The summed E-state index contributed by atoms with van der Waals surface area (Å²) in [6.07, 6.45) is -1.12. The van der Waals surface area contributed by atoms with E-state index < -0.39 is 12.6 Å². The van der Waals surface area contributed by atoms with Crippen LogP contribution in [0.25, 0.3) is 21.9 Å². The lowest BCUT2D eigenvalue weighted by Crippen LogP contribution is -2.16. The highest BCUT2D eigenvalue weighted by Gasteiger charge is 2.46. The maximum Gasteiger partial charge on any atom is 0.209 e. The molecule has 7 heteroatoms. The van der Waals surface area contributed by atoms with E-state index in [0.29, 0.717) is 45.6 Å². The van der Waals surface area contributed by atoms with Gasteiger partial charge in [-0.15, -0.1) is 0 Å². The molecule has 3 unspecified atom stereocenters. The average molecular weight is 356 g/mol. The van der Waals surface area contributed by atoms with E-state index in [2.05, 4.69) is 0 Å². The summed E-state index contributed by atoms with van der Waals surface area (Å²) < 4.78 is 28.1. The molecule has 0 bridgehead atoms. The molecule has 1 aromatic heterocycles. The van der Waals surface area contributed by atoms with Crippen molar-refractivity contribution in [3.63, 3.8) is 0 Å². The lowest BCUT2D eigenvalue weighted by molar-refractivity contribution is -0.147. The summed E-state index contributed by atoms with van der Waals surface area (Å²) >= 11 is 0. The normalized spacial score (nSPS) is 23.7. The fraction of sp³-hybridized carbons (Fsp3) is 0.316. The molecular formula is C19H16O7. The van der Waals surface area contributed by atoms with E-state index in [4.69, 9.17) is 23.4 Å². The van der Waals surface area contributed by atoms with Gasteiger partial charge in [-0.25, -0.2) is 0 Å². The quantitative estimate of drug-likeness (QED) is 0.706. The second kappa shape index (κ2) is 5.36. The van der Waals surface area contributed by atoms with Crippen LogP contribution in [0.2, 0.25) is 0 Å². The zero-order valence-corrected chi connectivity index (χ0v) is 14.1. The average Bonchev–Trinajstić information content (AvgIpc) is 3.15. The Morgan fingerprint density at radius 1 is 1.15 bits per heavy atom. The first kappa shape index (κ1) is 15.5. The number of aliphatic hydroxyl groups excluding tert-OH is 1. The Hall–Kier alpha value is -2.77. The summed E-state index contributed by atoms with van der Waals surface area (Å²) in [4.78, 5) is 13.3. The SMILES string of the molecule is COc1cccc2oc3c4c(cc(OC)c3c(=O)c12)OC1OC(O)CC41. The maximum atomic E-state index is 13.3. The maximum absolute atomic E-state index is 13.3. The van der Waals surface area contributed by atoms with Crippen molar-refractivity contribution in [2.24, 2.45) is 0 Å². The van der Waals surface area contributed by atoms with Crippen LogP contribution in [0, 0.1) is 0 Å². The van der Waals surface area contributed by atoms with Crippen LogP contribution < -0.4 is 19.6 Å². The molecule has 3 atom stereocenters. The zero-order chi connectivity index (χ0) is 18.0. The molecule has 7 nitrogen and oxygen atoms in total. The van der Waals surface area contributed by atoms with Crippen LogP contribution >= 0.6 is 0 Å². The molecule has 3 heterocycles. The van der Waals surface area contributed by atoms with E-state index in [1.54, 1.807) is 24.3 Å². The molecule has 0 aliphatic carbocycles. The predicted molar refractivity (Wildman–Crippen MR) is 92.0 cm³/mol. The monoisotopic (exact) mass is 356 g/mol. The summed E-state index contributed by atoms with van der Waals surface area (Å²) in [5.74, 6) is 1.14. The highest BCUT2D eigenvalue weighted by Crippen LogP contribution is 2.51. The van der Waals surface area contributed by atoms with Crippen LogP contribution in [-0.4, -0.2) is 31.9 Å². The third kappa shape index (κ3) is 1.92. The van der Waals surface area contributed by atoms with Gasteiger partial charge in [0.2, 0.25) is 11.7 Å². The van der Waals surface area contributed by atoms with E-state index in [1.807, 2.05) is 0 Å². The van der Waals surface area contributed by atoms with Gasteiger partial charge in [0.25, 0.3) is 0 Å². The molecular weight excluding hydrogens is 340 g/mol. The lowest BCUT2D eigenvalue weighted by Gasteiger charge is -2.13. The molecule has 2 aliphatic heterocycles. The molecule has 1 saturated heterocycles. The van der Waals surface area contributed by atoms with Crippen molar-refractivity contribution in [2.45, 2.75) is 24.9 Å². The molecule has 0 saturated carbocycles. The number of fused-ring (bicyclic) bond motifs is 6. The summed E-state index contributed by atoms with van der Waals surface area (Å²) in [6.45, 7) is 0. The van der Waals surface area contributed by atoms with Crippen molar-refractivity contribution in [1.82, 2.24) is 0 Å².